The van der Waals surface area contributed by atoms with Gasteiger partial charge in [-0.3, -0.25) is 0 Å². The molecule has 1 heterocycles. The molecule has 0 aromatic carbocycles. The Morgan fingerprint density at radius 1 is 1.15 bits per heavy atom. The van der Waals surface area contributed by atoms with Gasteiger partial charge in [-0.25, -0.2) is 0 Å². The number of allylic oxidation sites excluding steroid dienone is 2. The number of hydrogen-bond acceptors (Lipinski definition) is 2. The Morgan fingerprint density at radius 3 is 2.85 bits per heavy atom. The SMILES string of the molecule is CC(NCC1CCC2CC1CO2)C1CC2C=CC1CC2. The van der Waals surface area contributed by atoms with Gasteiger partial charge in [0.25, 0.3) is 0 Å². The Balaban J connectivity index is 1.30. The van der Waals surface area contributed by atoms with Crippen molar-refractivity contribution in [3.8, 4) is 0 Å². The normalized spacial score (nSPS) is 47.6. The molecule has 7 unspecified atom stereocenters. The minimum atomic E-state index is 0.605. The Morgan fingerprint density at radius 2 is 2.10 bits per heavy atom. The van der Waals surface area contributed by atoms with Crippen LogP contribution in [0.2, 0.25) is 0 Å². The molecule has 7 atom stereocenters. The van der Waals surface area contributed by atoms with E-state index in [1.165, 1.54) is 45.1 Å². The third-order valence-corrected chi connectivity index (χ3v) is 6.61. The average molecular weight is 275 g/mol. The highest BCUT2D eigenvalue weighted by Gasteiger charge is 2.38. The molecule has 3 fully saturated rings. The van der Waals surface area contributed by atoms with Gasteiger partial charge in [-0.15, -0.1) is 0 Å². The second-order valence-corrected chi connectivity index (χ2v) is 7.77. The fraction of sp³-hybridized carbons (Fsp3) is 0.889. The summed E-state index contributed by atoms with van der Waals surface area (Å²) in [6.07, 6.45) is 13.9. The molecule has 0 aromatic heterocycles. The van der Waals surface area contributed by atoms with Gasteiger partial charge in [0.05, 0.1) is 12.7 Å². The van der Waals surface area contributed by atoms with Gasteiger partial charge in [0, 0.05) is 6.04 Å². The molecule has 0 aromatic rings. The quantitative estimate of drug-likeness (QED) is 0.794. The van der Waals surface area contributed by atoms with E-state index in [9.17, 15) is 0 Å². The maximum absolute atomic E-state index is 5.83. The Hall–Kier alpha value is -0.340. The van der Waals surface area contributed by atoms with Crippen LogP contribution in [0.3, 0.4) is 0 Å². The highest BCUT2D eigenvalue weighted by Crippen LogP contribution is 2.42. The lowest BCUT2D eigenvalue weighted by Crippen LogP contribution is -2.44. The number of rotatable bonds is 4. The van der Waals surface area contributed by atoms with Crippen molar-refractivity contribution in [2.75, 3.05) is 13.2 Å². The highest BCUT2D eigenvalue weighted by atomic mass is 16.5. The van der Waals surface area contributed by atoms with Crippen LogP contribution in [0.25, 0.3) is 0 Å². The standard InChI is InChI=1S/C18H29NO/c1-12(18-8-13-2-4-14(18)5-3-13)19-10-15-6-7-17-9-16(15)11-20-17/h2,4,12-19H,3,5-11H2,1H3. The van der Waals surface area contributed by atoms with Crippen LogP contribution in [0.4, 0.5) is 0 Å². The van der Waals surface area contributed by atoms with Crippen molar-refractivity contribution < 1.29 is 4.74 Å². The molecule has 2 heteroatoms. The van der Waals surface area contributed by atoms with Gasteiger partial charge in [-0.05, 0) is 81.6 Å². The van der Waals surface area contributed by atoms with E-state index in [1.54, 1.807) is 0 Å². The molecular formula is C18H29NO. The minimum absolute atomic E-state index is 0.605. The largest absolute Gasteiger partial charge is 0.378 e. The summed E-state index contributed by atoms with van der Waals surface area (Å²) in [5.41, 5.74) is 0. The van der Waals surface area contributed by atoms with Crippen molar-refractivity contribution in [3.63, 3.8) is 0 Å². The van der Waals surface area contributed by atoms with Gasteiger partial charge in [0.1, 0.15) is 0 Å². The zero-order valence-corrected chi connectivity index (χ0v) is 12.8. The van der Waals surface area contributed by atoms with Gasteiger partial charge in [-0.1, -0.05) is 12.2 Å². The molecule has 0 amide bonds. The number of ether oxygens (including phenoxy) is 1. The second-order valence-electron chi connectivity index (χ2n) is 7.77. The Labute approximate surface area is 123 Å². The van der Waals surface area contributed by atoms with E-state index in [0.717, 1.165) is 36.2 Å². The molecule has 1 saturated heterocycles. The van der Waals surface area contributed by atoms with Crippen molar-refractivity contribution in [2.45, 2.75) is 57.6 Å². The van der Waals surface area contributed by atoms with E-state index < -0.39 is 0 Å². The second kappa shape index (κ2) is 5.46. The fourth-order valence-corrected chi connectivity index (χ4v) is 5.21. The van der Waals surface area contributed by atoms with Gasteiger partial charge < -0.3 is 10.1 Å². The third kappa shape index (κ3) is 2.46. The summed E-state index contributed by atoms with van der Waals surface area (Å²) in [5.74, 6) is 4.33. The van der Waals surface area contributed by atoms with E-state index in [-0.39, 0.29) is 0 Å². The van der Waals surface area contributed by atoms with Crippen LogP contribution in [0.15, 0.2) is 12.2 Å². The van der Waals surface area contributed by atoms with Crippen LogP contribution in [-0.2, 0) is 4.74 Å². The van der Waals surface area contributed by atoms with Gasteiger partial charge in [-0.2, -0.15) is 0 Å². The minimum Gasteiger partial charge on any atom is -0.378 e. The molecule has 112 valence electrons. The van der Waals surface area contributed by atoms with Crippen LogP contribution in [0.5, 0.6) is 0 Å². The van der Waals surface area contributed by atoms with Crippen LogP contribution in [-0.4, -0.2) is 25.3 Å². The summed E-state index contributed by atoms with van der Waals surface area (Å²) in [7, 11) is 0. The Bertz CT molecular complexity index is 380. The van der Waals surface area contributed by atoms with Crippen LogP contribution in [0.1, 0.15) is 45.4 Å². The molecule has 1 N–H and O–H groups in total. The molecular weight excluding hydrogens is 246 g/mol. The molecule has 1 aliphatic heterocycles. The van der Waals surface area contributed by atoms with Crippen molar-refractivity contribution >= 4 is 0 Å². The predicted molar refractivity (Wildman–Crippen MR) is 81.5 cm³/mol. The molecule has 5 aliphatic rings. The number of fused-ring (bicyclic) bond motifs is 4. The van der Waals surface area contributed by atoms with Crippen LogP contribution < -0.4 is 5.32 Å². The van der Waals surface area contributed by atoms with Gasteiger partial charge in [0.2, 0.25) is 0 Å². The number of nitrogens with one attached hydrogen (secondary N) is 1. The van der Waals surface area contributed by atoms with E-state index in [0.29, 0.717) is 12.1 Å². The molecule has 4 bridgehead atoms. The van der Waals surface area contributed by atoms with E-state index in [4.69, 9.17) is 4.74 Å². The third-order valence-electron chi connectivity index (χ3n) is 6.61. The lowest BCUT2D eigenvalue weighted by atomic mass is 9.67. The summed E-state index contributed by atoms with van der Waals surface area (Å²) in [6.45, 7) is 4.68. The van der Waals surface area contributed by atoms with Crippen LogP contribution >= 0.6 is 0 Å². The number of hydrogen-bond donors (Lipinski definition) is 1. The van der Waals surface area contributed by atoms with Gasteiger partial charge >= 0.3 is 0 Å². The maximum Gasteiger partial charge on any atom is 0.0579 e. The summed E-state index contributed by atoms with van der Waals surface area (Å²) in [5, 5.41) is 3.90. The molecule has 2 nitrogen and oxygen atoms in total. The summed E-state index contributed by atoms with van der Waals surface area (Å²) in [4.78, 5) is 0. The molecule has 0 spiro atoms. The lowest BCUT2D eigenvalue weighted by molar-refractivity contribution is 0.107. The van der Waals surface area contributed by atoms with Crippen LogP contribution in [0, 0.1) is 29.6 Å². The van der Waals surface area contributed by atoms with Gasteiger partial charge in [0.15, 0.2) is 0 Å². The summed E-state index contributed by atoms with van der Waals surface area (Å²) in [6, 6.07) is 0.688. The first kappa shape index (κ1) is 13.3. The topological polar surface area (TPSA) is 21.3 Å². The first-order valence-corrected chi connectivity index (χ1v) is 8.83. The monoisotopic (exact) mass is 275 g/mol. The first-order valence-electron chi connectivity index (χ1n) is 8.83. The maximum atomic E-state index is 5.83. The van der Waals surface area contributed by atoms with E-state index in [2.05, 4.69) is 24.4 Å². The van der Waals surface area contributed by atoms with E-state index >= 15 is 0 Å². The van der Waals surface area contributed by atoms with Crippen molar-refractivity contribution in [1.82, 2.24) is 5.32 Å². The molecule has 2 saturated carbocycles. The summed E-state index contributed by atoms with van der Waals surface area (Å²) < 4.78 is 5.83. The van der Waals surface area contributed by atoms with Crippen molar-refractivity contribution in [2.24, 2.45) is 29.6 Å². The highest BCUT2D eigenvalue weighted by molar-refractivity contribution is 5.07. The smallest absolute Gasteiger partial charge is 0.0579 e. The van der Waals surface area contributed by atoms with E-state index in [1.807, 2.05) is 0 Å². The molecule has 4 aliphatic carbocycles. The zero-order chi connectivity index (χ0) is 13.5. The summed E-state index contributed by atoms with van der Waals surface area (Å²) >= 11 is 0. The fourth-order valence-electron chi connectivity index (χ4n) is 5.21. The average Bonchev–Trinajstić information content (AvgIpc) is 2.89. The zero-order valence-electron chi connectivity index (χ0n) is 12.8. The molecule has 5 rings (SSSR count). The first-order chi connectivity index (χ1) is 9.79. The lowest BCUT2D eigenvalue weighted by Gasteiger charge is -2.42. The predicted octanol–water partition coefficient (Wildman–Crippen LogP) is 3.38. The van der Waals surface area contributed by atoms with Crippen molar-refractivity contribution in [1.29, 1.82) is 0 Å². The molecule has 0 radical (unpaired) electrons. The van der Waals surface area contributed by atoms with Crippen molar-refractivity contribution in [3.05, 3.63) is 12.2 Å². The Kier molecular flexibility index (Phi) is 3.64. The molecule has 20 heavy (non-hydrogen) atoms.